The minimum absolute atomic E-state index is 0.0975. The summed E-state index contributed by atoms with van der Waals surface area (Å²) in [6.07, 6.45) is -18.6. The number of primary amides is 1. The number of carboxylic acids is 1. The number of hydrogen-bond acceptors (Lipinski definition) is 25. The molecule has 11 bridgehead atoms. The Morgan fingerprint density at radius 1 is 0.713 bits per heavy atom. The van der Waals surface area contributed by atoms with E-state index in [4.69, 9.17) is 63.1 Å². The Morgan fingerprint density at radius 2 is 1.32 bits per heavy atom. The number of ether oxygens (including phenoxy) is 6. The van der Waals surface area contributed by atoms with Crippen LogP contribution in [0.1, 0.15) is 105 Å². The van der Waals surface area contributed by atoms with Gasteiger partial charge in [-0.25, -0.2) is 4.79 Å². The lowest BCUT2D eigenvalue weighted by molar-refractivity contribution is -0.333. The number of nitrogens with two attached hydrogens (primary N) is 2. The molecule has 0 spiro atoms. The number of amides is 7. The number of phenolic OH excluding ortho intramolecular Hbond substituents is 3. The van der Waals surface area contributed by atoms with Crippen LogP contribution in [-0.2, 0) is 52.6 Å². The largest absolute Gasteiger partial charge is 0.508 e. The number of rotatable bonds is 13. The van der Waals surface area contributed by atoms with Crippen LogP contribution < -0.4 is 62.9 Å². The normalized spacial score (nSPS) is 29.4. The summed E-state index contributed by atoms with van der Waals surface area (Å²) in [5, 5.41) is 131. The lowest BCUT2D eigenvalue weighted by Gasteiger charge is -2.47. The highest BCUT2D eigenvalue weighted by atomic mass is 35.5. The molecule has 7 amide bonds. The van der Waals surface area contributed by atoms with Gasteiger partial charge in [0.15, 0.2) is 29.9 Å². The van der Waals surface area contributed by atoms with Crippen molar-refractivity contribution < 1.29 is 118 Å². The average molecular weight is 1450 g/mol. The Balaban J connectivity index is 1.24. The van der Waals surface area contributed by atoms with Crippen molar-refractivity contribution >= 4 is 70.5 Å². The van der Waals surface area contributed by atoms with Crippen LogP contribution in [0, 0.1) is 5.92 Å². The second-order valence-corrected chi connectivity index (χ2v) is 26.5. The van der Waals surface area contributed by atoms with Gasteiger partial charge in [-0.1, -0.05) is 55.2 Å². The first-order chi connectivity index (χ1) is 47.7. The van der Waals surface area contributed by atoms with E-state index in [-0.39, 0.29) is 46.2 Å². The molecule has 0 unspecified atom stereocenters. The van der Waals surface area contributed by atoms with Gasteiger partial charge in [0.1, 0.15) is 89.5 Å². The number of carbonyl (C=O) groups excluding carboxylic acids is 7. The number of aromatic hydroxyl groups is 3. The van der Waals surface area contributed by atoms with Gasteiger partial charge in [0.2, 0.25) is 53.4 Å². The van der Waals surface area contributed by atoms with Crippen LogP contribution in [0.2, 0.25) is 10.0 Å². The molecule has 2 saturated heterocycles. The van der Waals surface area contributed by atoms with Crippen molar-refractivity contribution in [3.05, 3.63) is 117 Å². The first kappa shape index (κ1) is 74.5. The van der Waals surface area contributed by atoms with E-state index in [0.29, 0.717) is 0 Å². The molecule has 0 aromatic heterocycles. The number of carboxylic acid groups (broad SMARTS) is 1. The molecule has 0 saturated carbocycles. The maximum absolute atomic E-state index is 16.0. The highest BCUT2D eigenvalue weighted by molar-refractivity contribution is 6.32. The summed E-state index contributed by atoms with van der Waals surface area (Å²) in [6, 6.07) is -0.679. The number of aliphatic carboxylic acids is 1. The van der Waals surface area contributed by atoms with Crippen molar-refractivity contribution in [1.29, 1.82) is 0 Å². The lowest BCUT2D eigenvalue weighted by atomic mass is 9.86. The minimum Gasteiger partial charge on any atom is -0.508 e. The number of likely N-dealkylation sites (N-methyl/N-ethyl adjacent to an activating group) is 1. The summed E-state index contributed by atoms with van der Waals surface area (Å²) < 4.78 is 38.3. The van der Waals surface area contributed by atoms with Gasteiger partial charge >= 0.3 is 5.97 Å². The minimum atomic E-state index is -2.35. The van der Waals surface area contributed by atoms with E-state index in [2.05, 4.69) is 37.2 Å². The molecule has 0 aliphatic carbocycles. The Kier molecular flexibility index (Phi) is 22.2. The number of fused-ring (bicyclic) bond motifs is 15. The molecule has 2 fully saturated rings. The Bertz CT molecular complexity index is 4070. The van der Waals surface area contributed by atoms with E-state index in [0.717, 1.165) is 66.7 Å². The summed E-state index contributed by atoms with van der Waals surface area (Å²) in [4.78, 5) is 117. The Hall–Kier alpha value is -9.20. The lowest BCUT2D eigenvalue weighted by Crippen LogP contribution is -2.64. The second-order valence-electron chi connectivity index (χ2n) is 25.7. The van der Waals surface area contributed by atoms with Gasteiger partial charge < -0.3 is 128 Å². The maximum Gasteiger partial charge on any atom is 0.330 e. The highest BCUT2D eigenvalue weighted by Crippen LogP contribution is 2.50. The Labute approximate surface area is 584 Å². The van der Waals surface area contributed by atoms with E-state index in [1.165, 1.54) is 33.0 Å². The summed E-state index contributed by atoms with van der Waals surface area (Å²) >= 11 is 14.1. The van der Waals surface area contributed by atoms with E-state index in [1.54, 1.807) is 0 Å². The zero-order valence-electron chi connectivity index (χ0n) is 54.3. The number of phenols is 3. The molecular formula is C66H75Cl2N9O24. The van der Waals surface area contributed by atoms with Crippen molar-refractivity contribution in [1.82, 2.24) is 37.2 Å². The fourth-order valence-electron chi connectivity index (χ4n) is 12.5. The molecule has 5 aromatic rings. The predicted octanol–water partition coefficient (Wildman–Crippen LogP) is 0.106. The van der Waals surface area contributed by atoms with Crippen molar-refractivity contribution in [3.8, 4) is 57.1 Å². The maximum atomic E-state index is 16.0. The third-order valence-corrected chi connectivity index (χ3v) is 18.4. The van der Waals surface area contributed by atoms with Crippen LogP contribution in [-0.4, -0.2) is 191 Å². The molecule has 7 aliphatic heterocycles. The molecule has 7 heterocycles. The summed E-state index contributed by atoms with van der Waals surface area (Å²) in [7, 11) is 1.47. The number of halogens is 2. The van der Waals surface area contributed by atoms with E-state index >= 15 is 14.4 Å². The summed E-state index contributed by atoms with van der Waals surface area (Å²) in [5.74, 6) is -16.0. The van der Waals surface area contributed by atoms with E-state index in [9.17, 15) is 75.0 Å². The van der Waals surface area contributed by atoms with Gasteiger partial charge in [-0.15, -0.1) is 0 Å². The number of aliphatic hydroxyl groups is 6. The SMILES string of the molecule is CN[C@H](CC(C)C)C(=O)N[C@H]1C(=O)N[C@@H](CC(N)=O)C(=O)N[C@@H]2C(=O)N[C@H]3C(=O)N[C@H](C(=O)N[C@H](C(=O)O)c4cc(O)cc(O)c4-c4cc3ccc4O)[C@H](O)c3ccc(c(Cl)c3)Oc3cc2cc(c3O[C@@H]2O[C@H](CO)[C@@H](O)[C@H](O)[C@@H]2O[C@H]2C[C@](C)(N)[C@H](O)[C@H](C)O2)Oc2ccc(cc2Cl)[C@H]1O. The molecule has 21 N–H and O–H groups in total. The fourth-order valence-corrected chi connectivity index (χ4v) is 12.9. The van der Waals surface area contributed by atoms with Crippen molar-refractivity contribution in [2.45, 2.75) is 156 Å². The average Bonchev–Trinajstić information content (AvgIpc) is 0.775. The number of aliphatic hydroxyl groups excluding tert-OH is 6. The van der Waals surface area contributed by atoms with E-state index in [1.807, 2.05) is 13.8 Å². The molecular weight excluding hydrogens is 1370 g/mol. The van der Waals surface area contributed by atoms with Crippen LogP contribution in [0.3, 0.4) is 0 Å². The number of hydrogen-bond donors (Lipinski definition) is 19. The first-order valence-electron chi connectivity index (χ1n) is 31.6. The second kappa shape index (κ2) is 30.2. The van der Waals surface area contributed by atoms with Gasteiger partial charge in [0, 0.05) is 34.7 Å². The molecule has 12 rings (SSSR count). The predicted molar refractivity (Wildman–Crippen MR) is 349 cm³/mol. The summed E-state index contributed by atoms with van der Waals surface area (Å²) in [6.45, 7) is 5.66. The zero-order chi connectivity index (χ0) is 73.5. The topological polar surface area (TPSA) is 530 Å². The van der Waals surface area contributed by atoms with Gasteiger partial charge in [0.25, 0.3) is 0 Å². The monoisotopic (exact) mass is 1450 g/mol. The smallest absolute Gasteiger partial charge is 0.330 e. The van der Waals surface area contributed by atoms with E-state index < -0.39 is 237 Å². The fraction of sp³-hybridized carbons (Fsp3) is 0.424. The van der Waals surface area contributed by atoms with Gasteiger partial charge in [-0.05, 0) is 110 Å². The van der Waals surface area contributed by atoms with Crippen LogP contribution >= 0.6 is 23.2 Å². The molecule has 542 valence electrons. The highest BCUT2D eigenvalue weighted by Gasteiger charge is 2.51. The van der Waals surface area contributed by atoms with Crippen molar-refractivity contribution in [3.63, 3.8) is 0 Å². The van der Waals surface area contributed by atoms with Gasteiger partial charge in [-0.2, -0.15) is 0 Å². The first-order valence-corrected chi connectivity index (χ1v) is 32.4. The third kappa shape index (κ3) is 15.8. The van der Waals surface area contributed by atoms with Crippen LogP contribution in [0.5, 0.6) is 46.0 Å². The third-order valence-electron chi connectivity index (χ3n) is 17.8. The number of carbonyl (C=O) groups is 8. The molecule has 5 aromatic carbocycles. The quantitative estimate of drug-likeness (QED) is 0.0743. The molecule has 18 atom stereocenters. The van der Waals surface area contributed by atoms with Crippen LogP contribution in [0.4, 0.5) is 0 Å². The molecule has 35 heteroatoms. The molecule has 0 radical (unpaired) electrons. The van der Waals surface area contributed by atoms with Crippen LogP contribution in [0.15, 0.2) is 78.9 Å². The zero-order valence-corrected chi connectivity index (χ0v) is 55.8. The van der Waals surface area contributed by atoms with Gasteiger partial charge in [0.05, 0.1) is 41.3 Å². The molecule has 101 heavy (non-hydrogen) atoms. The van der Waals surface area contributed by atoms with Gasteiger partial charge in [-0.3, -0.25) is 33.6 Å². The number of benzene rings is 5. The van der Waals surface area contributed by atoms with Crippen LogP contribution in [0.25, 0.3) is 11.1 Å². The standard InChI is InChI=1S/C66H75Cl2N9O24/c1-23(2)12-34(71-5)58(88)76-49-51(83)26-7-10-38(32(67)14-26)97-40-16-28-17-41(55(40)101-65-56(54(86)53(85)42(22-78)99-65)100-44-21-66(4,70)57(87)24(3)96-44)98-39-11-8-27(15-33(39)68)52(84)50-63(93)75-48(64(94)95)31-18-29(79)19-37(81)45(31)30-13-25(6-9-36(30)80)46(60(90)77-50)74-61(91)47(28)73-59(89)35(20-43(69)82)72-62(49)92/h6-11,13-19,23-24,34-35,42,44,46-54,56-57,65,71,78-81,83-87H,12,20-22,70H2,1-5H3,(H2,69,82)(H,72,92)(H,73,89)(H,74,91)(H,75,93)(H,76,88)(H,77,90)(H,94,95)/t24-,34+,35-,42+,44-,46+,47-,48-,49+,50-,51+,52+,53+,54-,56-,57+,65-,66-/m0/s1. The number of nitrogens with one attached hydrogen (secondary N) is 7. The Morgan fingerprint density at radius 3 is 1.90 bits per heavy atom. The molecule has 7 aliphatic rings. The molecule has 33 nitrogen and oxygen atoms in total. The summed E-state index contributed by atoms with van der Waals surface area (Å²) in [5.41, 5.74) is 8.00. The van der Waals surface area contributed by atoms with Crippen molar-refractivity contribution in [2.24, 2.45) is 17.4 Å². The van der Waals surface area contributed by atoms with Crippen molar-refractivity contribution in [2.75, 3.05) is 13.7 Å².